The third kappa shape index (κ3) is 5.78. The van der Waals surface area contributed by atoms with Crippen LogP contribution in [0, 0.1) is 17.7 Å². The Hall–Kier alpha value is -2.69. The third-order valence-electron chi connectivity index (χ3n) is 9.98. The fourth-order valence-electron chi connectivity index (χ4n) is 7.48. The van der Waals surface area contributed by atoms with E-state index in [0.29, 0.717) is 37.1 Å². The van der Waals surface area contributed by atoms with Crippen molar-refractivity contribution in [3.05, 3.63) is 69.0 Å². The van der Waals surface area contributed by atoms with Crippen LogP contribution in [0.15, 0.2) is 30.3 Å². The summed E-state index contributed by atoms with van der Waals surface area (Å²) in [5.74, 6) is -1.72. The lowest BCUT2D eigenvalue weighted by Gasteiger charge is -2.48. The molecular formula is C32H35ClF4N2O4. The minimum atomic E-state index is -4.52. The van der Waals surface area contributed by atoms with Gasteiger partial charge in [0.05, 0.1) is 17.7 Å². The van der Waals surface area contributed by atoms with Crippen molar-refractivity contribution in [2.45, 2.75) is 75.7 Å². The number of nitrogens with zero attached hydrogens (tertiary/aromatic N) is 2. The van der Waals surface area contributed by atoms with Gasteiger partial charge in [-0.15, -0.1) is 0 Å². The van der Waals surface area contributed by atoms with E-state index in [9.17, 15) is 32.3 Å². The van der Waals surface area contributed by atoms with Crippen LogP contribution < -0.4 is 0 Å². The van der Waals surface area contributed by atoms with Crippen molar-refractivity contribution in [3.8, 4) is 0 Å². The normalized spacial score (nSPS) is 28.4. The van der Waals surface area contributed by atoms with E-state index in [1.54, 1.807) is 11.0 Å². The van der Waals surface area contributed by atoms with Crippen LogP contribution in [0.1, 0.15) is 77.6 Å². The van der Waals surface area contributed by atoms with Gasteiger partial charge in [0.15, 0.2) is 0 Å². The molecule has 1 N–H and O–H groups in total. The Balaban J connectivity index is 1.11. The second-order valence-corrected chi connectivity index (χ2v) is 13.1. The number of rotatable bonds is 5. The van der Waals surface area contributed by atoms with E-state index >= 15 is 0 Å². The first-order chi connectivity index (χ1) is 20.4. The monoisotopic (exact) mass is 622 g/mol. The Morgan fingerprint density at radius 2 is 1.86 bits per heavy atom. The van der Waals surface area contributed by atoms with Crippen LogP contribution in [-0.2, 0) is 28.7 Å². The highest BCUT2D eigenvalue weighted by Gasteiger charge is 2.56. The maximum Gasteiger partial charge on any atom is 0.416 e. The molecule has 0 aromatic heterocycles. The average Bonchev–Trinajstić information content (AvgIpc) is 3.82. The minimum Gasteiger partial charge on any atom is -0.478 e. The van der Waals surface area contributed by atoms with Crippen LogP contribution in [0.5, 0.6) is 0 Å². The van der Waals surface area contributed by atoms with E-state index < -0.39 is 29.1 Å². The van der Waals surface area contributed by atoms with Crippen LogP contribution in [0.25, 0.3) is 0 Å². The molecule has 3 aliphatic heterocycles. The van der Waals surface area contributed by atoms with Crippen molar-refractivity contribution in [3.63, 3.8) is 0 Å². The summed E-state index contributed by atoms with van der Waals surface area (Å²) in [6.45, 7) is 4.53. The number of carbonyl (C=O) groups excluding carboxylic acids is 1. The summed E-state index contributed by atoms with van der Waals surface area (Å²) in [6, 6.07) is 6.55. The molecule has 0 spiro atoms. The van der Waals surface area contributed by atoms with Crippen LogP contribution in [-0.4, -0.2) is 64.7 Å². The molecule has 2 saturated heterocycles. The lowest BCUT2D eigenvalue weighted by Crippen LogP contribution is -2.59. The van der Waals surface area contributed by atoms with E-state index in [4.69, 9.17) is 16.3 Å². The first-order valence-corrected chi connectivity index (χ1v) is 15.3. The Morgan fingerprint density at radius 3 is 2.49 bits per heavy atom. The van der Waals surface area contributed by atoms with Crippen molar-refractivity contribution >= 4 is 23.5 Å². The standard InChI is InChI=1S/C32H35ClF4N2O4/c1-18-15-38(10-7-24(18)19-2-5-28(34)26(13-19)29(40)41)23-6-9-31(43-17-23,21-3-4-21)30(42)39-11-8-25-20(16-39)12-22(14-27(25)33)32(35,36)37/h2,5,12-14,18,21,23-24H,3-4,6-11,15-17H2,1H3,(H,40,41)/t18-,23+,24-,31-/m0/s1. The topological polar surface area (TPSA) is 70.1 Å². The van der Waals surface area contributed by atoms with E-state index in [-0.39, 0.29) is 46.8 Å². The summed E-state index contributed by atoms with van der Waals surface area (Å²) in [7, 11) is 0. The van der Waals surface area contributed by atoms with Crippen LogP contribution in [0.2, 0.25) is 5.02 Å². The summed E-state index contributed by atoms with van der Waals surface area (Å²) in [5, 5.41) is 9.42. The first kappa shape index (κ1) is 30.3. The summed E-state index contributed by atoms with van der Waals surface area (Å²) >= 11 is 6.22. The number of fused-ring (bicyclic) bond motifs is 1. The molecular weight excluding hydrogens is 588 g/mol. The Morgan fingerprint density at radius 1 is 1.09 bits per heavy atom. The highest BCUT2D eigenvalue weighted by molar-refractivity contribution is 6.31. The van der Waals surface area contributed by atoms with Gasteiger partial charge in [-0.1, -0.05) is 24.6 Å². The number of hydrogen-bond acceptors (Lipinski definition) is 4. The van der Waals surface area contributed by atoms with Crippen LogP contribution in [0.4, 0.5) is 17.6 Å². The van der Waals surface area contributed by atoms with Gasteiger partial charge in [0.1, 0.15) is 11.4 Å². The van der Waals surface area contributed by atoms with Gasteiger partial charge in [0.2, 0.25) is 0 Å². The first-order valence-electron chi connectivity index (χ1n) is 15.0. The summed E-state index contributed by atoms with van der Waals surface area (Å²) < 4.78 is 60.8. The maximum absolute atomic E-state index is 14.0. The van der Waals surface area contributed by atoms with Gasteiger partial charge < -0.3 is 14.7 Å². The van der Waals surface area contributed by atoms with E-state index in [1.165, 1.54) is 12.1 Å². The van der Waals surface area contributed by atoms with Gasteiger partial charge in [-0.25, -0.2) is 9.18 Å². The molecule has 11 heteroatoms. The van der Waals surface area contributed by atoms with Gasteiger partial charge >= 0.3 is 12.1 Å². The Bertz CT molecular complexity index is 1420. The molecule has 2 aromatic rings. The molecule has 2 aromatic carbocycles. The lowest BCUT2D eigenvalue weighted by atomic mass is 9.79. The maximum atomic E-state index is 14.0. The largest absolute Gasteiger partial charge is 0.478 e. The molecule has 3 fully saturated rings. The van der Waals surface area contributed by atoms with Gasteiger partial charge in [-0.2, -0.15) is 13.2 Å². The zero-order valence-corrected chi connectivity index (χ0v) is 24.7. The molecule has 0 radical (unpaired) electrons. The van der Waals surface area contributed by atoms with Crippen molar-refractivity contribution in [1.29, 1.82) is 0 Å². The quantitative estimate of drug-likeness (QED) is 0.384. The number of benzene rings is 2. The molecule has 4 atom stereocenters. The number of hydrogen-bond donors (Lipinski definition) is 1. The van der Waals surface area contributed by atoms with E-state index in [2.05, 4.69) is 11.8 Å². The SMILES string of the molecule is C[C@H]1CN([C@@H]2CC[C@@](C(=O)N3CCc4c(Cl)cc(C(F)(F)F)cc4C3)(C3CC3)OC2)CC[C@@H]1c1ccc(F)c(C(=O)O)c1. The van der Waals surface area contributed by atoms with Crippen molar-refractivity contribution in [2.75, 3.05) is 26.2 Å². The molecule has 1 amide bonds. The lowest BCUT2D eigenvalue weighted by molar-refractivity contribution is -0.177. The zero-order valence-electron chi connectivity index (χ0n) is 23.9. The predicted molar refractivity (Wildman–Crippen MR) is 151 cm³/mol. The number of carboxylic acid groups (broad SMARTS) is 1. The smallest absolute Gasteiger partial charge is 0.416 e. The molecule has 6 rings (SSSR count). The Kier molecular flexibility index (Phi) is 8.01. The molecule has 4 aliphatic rings. The van der Waals surface area contributed by atoms with Gasteiger partial charge in [0.25, 0.3) is 5.91 Å². The number of piperidine rings is 1. The van der Waals surface area contributed by atoms with E-state index in [0.717, 1.165) is 56.5 Å². The molecule has 43 heavy (non-hydrogen) atoms. The highest BCUT2D eigenvalue weighted by atomic mass is 35.5. The number of likely N-dealkylation sites (tertiary alicyclic amines) is 1. The second kappa shape index (κ2) is 11.3. The predicted octanol–water partition coefficient (Wildman–Crippen LogP) is 6.53. The summed E-state index contributed by atoms with van der Waals surface area (Å²) in [5.41, 5.74) is -0.136. The highest BCUT2D eigenvalue weighted by Crippen LogP contribution is 2.49. The van der Waals surface area contributed by atoms with Gasteiger partial charge in [-0.05, 0) is 104 Å². The number of aromatic carboxylic acids is 1. The molecule has 6 nitrogen and oxygen atoms in total. The summed E-state index contributed by atoms with van der Waals surface area (Å²) in [6.07, 6.45) is -0.211. The third-order valence-corrected chi connectivity index (χ3v) is 10.3. The van der Waals surface area contributed by atoms with Crippen molar-refractivity contribution < 1.29 is 37.0 Å². The molecule has 0 bridgehead atoms. The number of carbonyl (C=O) groups is 2. The van der Waals surface area contributed by atoms with Crippen LogP contribution >= 0.6 is 11.6 Å². The summed E-state index contributed by atoms with van der Waals surface area (Å²) in [4.78, 5) is 29.5. The van der Waals surface area contributed by atoms with Gasteiger partial charge in [-0.3, -0.25) is 9.69 Å². The van der Waals surface area contributed by atoms with Crippen molar-refractivity contribution in [2.24, 2.45) is 11.8 Å². The molecule has 0 unspecified atom stereocenters. The number of alkyl halides is 3. The molecule has 1 aliphatic carbocycles. The number of halogens is 5. The number of amides is 1. The molecule has 232 valence electrons. The number of carboxylic acids is 1. The fourth-order valence-corrected chi connectivity index (χ4v) is 7.81. The molecule has 1 saturated carbocycles. The zero-order chi connectivity index (χ0) is 30.7. The van der Waals surface area contributed by atoms with Gasteiger partial charge in [0, 0.05) is 30.7 Å². The second-order valence-electron chi connectivity index (χ2n) is 12.6. The van der Waals surface area contributed by atoms with E-state index in [1.807, 2.05) is 0 Å². The van der Waals surface area contributed by atoms with Crippen molar-refractivity contribution in [1.82, 2.24) is 9.80 Å². The minimum absolute atomic E-state index is 0.0804. The fraction of sp³-hybridized carbons (Fsp3) is 0.562. The molecule has 3 heterocycles. The van der Waals surface area contributed by atoms with Crippen LogP contribution in [0.3, 0.4) is 0 Å². The number of ether oxygens (including phenoxy) is 1. The Labute approximate surface area is 252 Å². The average molecular weight is 623 g/mol.